The lowest BCUT2D eigenvalue weighted by Crippen LogP contribution is -2.08. The molecule has 4 nitrogen and oxygen atoms in total. The number of carbonyl (C=O) groups is 1. The van der Waals surface area contributed by atoms with Crippen molar-refractivity contribution in [2.45, 2.75) is 33.1 Å². The van der Waals surface area contributed by atoms with Crippen LogP contribution < -0.4 is 0 Å². The van der Waals surface area contributed by atoms with E-state index < -0.39 is 0 Å². The summed E-state index contributed by atoms with van der Waals surface area (Å²) >= 11 is 0. The van der Waals surface area contributed by atoms with E-state index in [-0.39, 0.29) is 11.9 Å². The Bertz CT molecular complexity index is 930. The van der Waals surface area contributed by atoms with Crippen molar-refractivity contribution in [2.24, 2.45) is 11.1 Å². The van der Waals surface area contributed by atoms with Gasteiger partial charge in [-0.2, -0.15) is 4.91 Å². The normalized spacial score (nSPS) is 16.5. The van der Waals surface area contributed by atoms with Crippen molar-refractivity contribution >= 4 is 5.97 Å². The quantitative estimate of drug-likeness (QED) is 0.182. The van der Waals surface area contributed by atoms with Crippen LogP contribution >= 0.6 is 0 Å². The van der Waals surface area contributed by atoms with E-state index in [9.17, 15) is 9.70 Å². The summed E-state index contributed by atoms with van der Waals surface area (Å²) in [5.41, 5.74) is 6.09. The fraction of sp³-hybridized carbons (Fsp3) is 0.296. The topological polar surface area (TPSA) is 55.7 Å². The molecule has 0 aromatic heterocycles. The Hall–Kier alpha value is -3.27. The summed E-state index contributed by atoms with van der Waals surface area (Å²) in [4.78, 5) is 22.3. The first-order valence-corrected chi connectivity index (χ1v) is 10.5. The lowest BCUT2D eigenvalue weighted by atomic mass is 9.90. The number of rotatable bonds is 11. The second-order valence-corrected chi connectivity index (χ2v) is 7.81. The number of ether oxygens (including phenoxy) is 1. The van der Waals surface area contributed by atoms with Gasteiger partial charge in [-0.3, -0.25) is 0 Å². The maximum atomic E-state index is 11.8. The molecular weight excluding hydrogens is 386 g/mol. The van der Waals surface area contributed by atoms with Gasteiger partial charge < -0.3 is 4.74 Å². The van der Waals surface area contributed by atoms with Crippen LogP contribution in [0.15, 0.2) is 101 Å². The Labute approximate surface area is 185 Å². The maximum Gasteiger partial charge on any atom is 0.333 e. The molecule has 0 saturated carbocycles. The monoisotopic (exact) mass is 417 g/mol. The number of benzene rings is 1. The van der Waals surface area contributed by atoms with E-state index in [4.69, 9.17) is 4.74 Å². The number of allylic oxidation sites excluding steroid dienone is 7. The number of nitrogens with zero attached hydrogens (tertiary/aromatic N) is 1. The molecule has 1 aliphatic rings. The fourth-order valence-corrected chi connectivity index (χ4v) is 3.26. The van der Waals surface area contributed by atoms with Crippen LogP contribution in [0, 0.1) is 17.7 Å². The number of aryl methyl sites for hydroxylation is 1. The average molecular weight is 418 g/mol. The van der Waals surface area contributed by atoms with Crippen LogP contribution in [0.5, 0.6) is 0 Å². The van der Waals surface area contributed by atoms with E-state index in [1.165, 1.54) is 11.1 Å². The molecule has 1 atom stereocenters. The van der Waals surface area contributed by atoms with Gasteiger partial charge in [-0.1, -0.05) is 90.2 Å². The Morgan fingerprint density at radius 2 is 2.03 bits per heavy atom. The summed E-state index contributed by atoms with van der Waals surface area (Å²) in [5.74, 6) is -0.215. The highest BCUT2D eigenvalue weighted by Gasteiger charge is 2.12. The van der Waals surface area contributed by atoms with Gasteiger partial charge in [0.25, 0.3) is 0 Å². The minimum atomic E-state index is -0.371. The zero-order valence-corrected chi connectivity index (χ0v) is 18.5. The molecule has 0 saturated heterocycles. The van der Waals surface area contributed by atoms with Crippen LogP contribution in [0.25, 0.3) is 0 Å². The highest BCUT2D eigenvalue weighted by molar-refractivity contribution is 5.86. The summed E-state index contributed by atoms with van der Waals surface area (Å²) in [5, 5.41) is 3.01. The predicted octanol–water partition coefficient (Wildman–Crippen LogP) is 6.35. The first kappa shape index (κ1) is 24.0. The molecule has 0 N–H and O–H groups in total. The first-order valence-electron chi connectivity index (χ1n) is 10.5. The number of carbonyl (C=O) groups excluding carboxylic acids is 1. The predicted molar refractivity (Wildman–Crippen MR) is 128 cm³/mol. The summed E-state index contributed by atoms with van der Waals surface area (Å²) in [7, 11) is 0. The van der Waals surface area contributed by atoms with Crippen LogP contribution in [0.2, 0.25) is 0 Å². The van der Waals surface area contributed by atoms with Crippen molar-refractivity contribution in [3.63, 3.8) is 0 Å². The summed E-state index contributed by atoms with van der Waals surface area (Å²) in [6, 6.07) is 8.44. The van der Waals surface area contributed by atoms with Gasteiger partial charge in [0.2, 0.25) is 0 Å². The Morgan fingerprint density at radius 3 is 2.61 bits per heavy atom. The van der Waals surface area contributed by atoms with Gasteiger partial charge in [0, 0.05) is 17.9 Å². The van der Waals surface area contributed by atoms with Crippen molar-refractivity contribution in [3.8, 4) is 0 Å². The second-order valence-electron chi connectivity index (χ2n) is 7.81. The Kier molecular flexibility index (Phi) is 9.63. The van der Waals surface area contributed by atoms with Gasteiger partial charge in [-0.05, 0) is 43.4 Å². The SMILES string of the molecule is C=C/C=C(\C=C(\CCOC(=O)C(=C)C)Cc1ccc(C)cc1)C1=CCC(CN=O)C=C1. The third-order valence-corrected chi connectivity index (χ3v) is 5.04. The van der Waals surface area contributed by atoms with Gasteiger partial charge in [0.1, 0.15) is 0 Å². The molecule has 1 aromatic rings. The third-order valence-electron chi connectivity index (χ3n) is 5.04. The highest BCUT2D eigenvalue weighted by atomic mass is 16.5. The molecular formula is C27H31NO3. The molecule has 31 heavy (non-hydrogen) atoms. The van der Waals surface area contributed by atoms with Crippen LogP contribution in [-0.4, -0.2) is 19.1 Å². The van der Waals surface area contributed by atoms with E-state index in [0.717, 1.165) is 29.6 Å². The molecule has 2 rings (SSSR count). The third kappa shape index (κ3) is 8.17. The minimum absolute atomic E-state index is 0.156. The summed E-state index contributed by atoms with van der Waals surface area (Å²) in [6.45, 7) is 11.8. The molecule has 0 amide bonds. The molecule has 1 unspecified atom stereocenters. The highest BCUT2D eigenvalue weighted by Crippen LogP contribution is 2.25. The summed E-state index contributed by atoms with van der Waals surface area (Å²) < 4.78 is 5.33. The van der Waals surface area contributed by atoms with Gasteiger partial charge in [0.05, 0.1) is 13.2 Å². The molecule has 1 aromatic carbocycles. The molecule has 0 aliphatic heterocycles. The van der Waals surface area contributed by atoms with E-state index in [0.29, 0.717) is 25.1 Å². The number of nitroso groups, excluding NO2 is 1. The van der Waals surface area contributed by atoms with Crippen molar-refractivity contribution in [2.75, 3.05) is 13.2 Å². The molecule has 0 heterocycles. The molecule has 0 fully saturated rings. The largest absolute Gasteiger partial charge is 0.462 e. The fourth-order valence-electron chi connectivity index (χ4n) is 3.26. The maximum absolute atomic E-state index is 11.8. The second kappa shape index (κ2) is 12.4. The Balaban J connectivity index is 2.24. The van der Waals surface area contributed by atoms with E-state index in [1.54, 1.807) is 13.0 Å². The first-order chi connectivity index (χ1) is 14.9. The van der Waals surface area contributed by atoms with Crippen molar-refractivity contribution in [1.29, 1.82) is 0 Å². The minimum Gasteiger partial charge on any atom is -0.462 e. The standard InChI is InChI=1S/C27H31NO3/c1-5-6-26(25-13-11-23(12-14-25)19-28-30)18-24(15-16-31-27(29)20(2)3)17-22-9-7-21(4)8-10-22/h5-11,13-14,18,23H,1-2,12,15-17,19H2,3-4H3/b24-18-,26-6+. The zero-order valence-electron chi connectivity index (χ0n) is 18.5. The van der Waals surface area contributed by atoms with Gasteiger partial charge in [-0.15, -0.1) is 0 Å². The van der Waals surface area contributed by atoms with Crippen LogP contribution in [0.3, 0.4) is 0 Å². The van der Waals surface area contributed by atoms with Gasteiger partial charge in [-0.25, -0.2) is 4.79 Å². The summed E-state index contributed by atoms with van der Waals surface area (Å²) in [6.07, 6.45) is 14.3. The number of esters is 1. The smallest absolute Gasteiger partial charge is 0.333 e. The molecule has 0 spiro atoms. The van der Waals surface area contributed by atoms with Crippen molar-refractivity contribution < 1.29 is 9.53 Å². The van der Waals surface area contributed by atoms with E-state index in [1.807, 2.05) is 18.2 Å². The molecule has 4 heteroatoms. The number of hydrogen-bond acceptors (Lipinski definition) is 4. The number of hydrogen-bond donors (Lipinski definition) is 0. The molecule has 0 radical (unpaired) electrons. The zero-order chi connectivity index (χ0) is 22.6. The van der Waals surface area contributed by atoms with Crippen LogP contribution in [0.1, 0.15) is 30.9 Å². The lowest BCUT2D eigenvalue weighted by Gasteiger charge is -2.16. The molecule has 162 valence electrons. The average Bonchev–Trinajstić information content (AvgIpc) is 2.75. The molecule has 0 bridgehead atoms. The van der Waals surface area contributed by atoms with Crippen LogP contribution in [0.4, 0.5) is 0 Å². The lowest BCUT2D eigenvalue weighted by molar-refractivity contribution is -0.138. The van der Waals surface area contributed by atoms with Crippen molar-refractivity contribution in [1.82, 2.24) is 0 Å². The van der Waals surface area contributed by atoms with E-state index in [2.05, 4.69) is 61.7 Å². The van der Waals surface area contributed by atoms with Crippen molar-refractivity contribution in [3.05, 3.63) is 112 Å². The van der Waals surface area contributed by atoms with Crippen LogP contribution in [-0.2, 0) is 16.0 Å². The van der Waals surface area contributed by atoms with Gasteiger partial charge in [0.15, 0.2) is 0 Å². The Morgan fingerprint density at radius 1 is 1.29 bits per heavy atom. The van der Waals surface area contributed by atoms with E-state index >= 15 is 0 Å². The van der Waals surface area contributed by atoms with Gasteiger partial charge >= 0.3 is 5.97 Å². The molecule has 1 aliphatic carbocycles.